The molecule has 0 spiro atoms. The molecule has 1 saturated heterocycles. The van der Waals surface area contributed by atoms with Crippen LogP contribution in [0.25, 0.3) is 11.6 Å². The highest BCUT2D eigenvalue weighted by Gasteiger charge is 2.40. The van der Waals surface area contributed by atoms with Crippen LogP contribution < -0.4 is 52.8 Å². The van der Waals surface area contributed by atoms with E-state index in [2.05, 4.69) is 92.6 Å². The second kappa shape index (κ2) is 55.4. The zero-order valence-corrected chi connectivity index (χ0v) is 75.5. The summed E-state index contributed by atoms with van der Waals surface area (Å²) >= 11 is 1.30. The van der Waals surface area contributed by atoms with Crippen molar-refractivity contribution in [2.24, 2.45) is 17.3 Å². The minimum atomic E-state index is -1.20. The molecule has 7 atom stereocenters. The van der Waals surface area contributed by atoms with Gasteiger partial charge in [-0.2, -0.15) is 0 Å². The zero-order chi connectivity index (χ0) is 90.5. The Hall–Kier alpha value is -10.1. The van der Waals surface area contributed by atoms with Gasteiger partial charge in [-0.05, 0) is 143 Å². The van der Waals surface area contributed by atoms with Crippen molar-refractivity contribution in [2.45, 2.75) is 201 Å². The van der Waals surface area contributed by atoms with Crippen molar-refractivity contribution in [1.29, 1.82) is 0 Å². The maximum Gasteiger partial charge on any atom is 0.309 e. The molecular formula is C93H135N13O18S. The molecule has 32 heteroatoms. The molecule has 10 N–H and O–H groups in total. The Labute approximate surface area is 740 Å². The van der Waals surface area contributed by atoms with E-state index >= 15 is 4.79 Å². The van der Waals surface area contributed by atoms with Gasteiger partial charge in [0.2, 0.25) is 53.2 Å². The summed E-state index contributed by atoms with van der Waals surface area (Å²) in [5.74, 6) is -5.21. The molecule has 1 fully saturated rings. The van der Waals surface area contributed by atoms with Crippen LogP contribution >= 0.6 is 11.3 Å². The topological polar surface area (TPSA) is 394 Å². The number of hydrogen-bond acceptors (Lipinski definition) is 21. The van der Waals surface area contributed by atoms with Gasteiger partial charge in [0.05, 0.1) is 103 Å². The summed E-state index contributed by atoms with van der Waals surface area (Å²) in [5, 5.41) is 37.6. The van der Waals surface area contributed by atoms with Crippen molar-refractivity contribution in [3.8, 4) is 0 Å². The van der Waals surface area contributed by atoms with Crippen molar-refractivity contribution >= 4 is 99.4 Å². The first-order chi connectivity index (χ1) is 60.2. The van der Waals surface area contributed by atoms with Gasteiger partial charge >= 0.3 is 5.97 Å². The lowest BCUT2D eigenvalue weighted by molar-refractivity contribution is -0.147. The lowest BCUT2D eigenvalue weighted by Gasteiger charge is -2.40. The number of amides is 10. The molecule has 125 heavy (non-hydrogen) atoms. The van der Waals surface area contributed by atoms with E-state index in [1.54, 1.807) is 54.5 Å². The fraction of sp³-hybridized carbons (Fsp3) is 0.570. The number of carbonyl (C=O) groups is 11. The summed E-state index contributed by atoms with van der Waals surface area (Å²) in [4.78, 5) is 157. The molecule has 7 rings (SSSR count). The number of piperidine rings is 1. The maximum atomic E-state index is 15.1. The number of carbonyl (C=O) groups excluding carboxylic acids is 10. The van der Waals surface area contributed by atoms with E-state index in [0.717, 1.165) is 96.3 Å². The molecule has 0 saturated carbocycles. The lowest BCUT2D eigenvalue weighted by Crippen LogP contribution is -2.59. The quantitative estimate of drug-likeness (QED) is 0.0128. The van der Waals surface area contributed by atoms with E-state index < -0.39 is 90.7 Å². The van der Waals surface area contributed by atoms with Crippen LogP contribution in [0.1, 0.15) is 195 Å². The van der Waals surface area contributed by atoms with Gasteiger partial charge in [0.15, 0.2) is 0 Å². The number of hydrogen-bond donors (Lipinski definition) is 10. The van der Waals surface area contributed by atoms with Crippen LogP contribution in [0, 0.1) is 17.3 Å². The number of fused-ring (bicyclic) bond motifs is 2. The smallest absolute Gasteiger partial charge is 0.309 e. The fourth-order valence-corrected chi connectivity index (χ4v) is 15.6. The van der Waals surface area contributed by atoms with Crippen molar-refractivity contribution in [1.82, 2.24) is 57.3 Å². The summed E-state index contributed by atoms with van der Waals surface area (Å²) in [6, 6.07) is 29.1. The Bertz CT molecular complexity index is 4240. The number of likely N-dealkylation sites (N-methyl/N-ethyl adjacent to an activating group) is 1. The van der Waals surface area contributed by atoms with Gasteiger partial charge in [-0.3, -0.25) is 57.6 Å². The molecule has 686 valence electrons. The van der Waals surface area contributed by atoms with Gasteiger partial charge in [-0.1, -0.05) is 152 Å². The Kier molecular flexibility index (Phi) is 45.2. The molecule has 0 aliphatic carbocycles. The lowest BCUT2D eigenvalue weighted by atomic mass is 9.84. The molecule has 0 bridgehead atoms. The van der Waals surface area contributed by atoms with Crippen molar-refractivity contribution in [3.63, 3.8) is 0 Å². The number of likely N-dealkylation sites (tertiary alicyclic amines) is 1. The Morgan fingerprint density at radius 2 is 1.28 bits per heavy atom. The molecule has 0 unspecified atom stereocenters. The number of carboxylic acid groups (broad SMARTS) is 1. The van der Waals surface area contributed by atoms with E-state index in [9.17, 15) is 53.1 Å². The largest absolute Gasteiger partial charge is 0.481 e. The van der Waals surface area contributed by atoms with E-state index in [0.29, 0.717) is 76.9 Å². The highest BCUT2D eigenvalue weighted by atomic mass is 32.1. The van der Waals surface area contributed by atoms with Crippen LogP contribution in [-0.4, -0.2) is 241 Å². The van der Waals surface area contributed by atoms with Crippen molar-refractivity contribution in [2.75, 3.05) is 136 Å². The molecule has 2 aliphatic rings. The number of ether oxygens (including phenoxy) is 6. The minimum absolute atomic E-state index is 0.00254. The zero-order valence-electron chi connectivity index (χ0n) is 74.7. The molecule has 0 radical (unpaired) electrons. The number of benzene rings is 4. The number of nitrogens with zero attached hydrogens (tertiary/aromatic N) is 4. The Morgan fingerprint density at radius 1 is 0.640 bits per heavy atom. The molecule has 5 aromatic rings. The number of thiazole rings is 1. The number of carboxylic acids is 1. The summed E-state index contributed by atoms with van der Waals surface area (Å²) in [7, 11) is 1.97. The fourth-order valence-electron chi connectivity index (χ4n) is 14.8. The summed E-state index contributed by atoms with van der Waals surface area (Å²) in [5.41, 5.74) is 6.26. The number of nitrogens with one attached hydrogen (secondary N) is 9. The first kappa shape index (κ1) is 102. The Morgan fingerprint density at radius 3 is 1.98 bits per heavy atom. The molecule has 2 aliphatic heterocycles. The summed E-state index contributed by atoms with van der Waals surface area (Å²) < 4.78 is 34.2. The van der Waals surface area contributed by atoms with Gasteiger partial charge < -0.3 is 91.2 Å². The standard InChI is InChI=1S/C93H135N13O18S/c1-11-14-15-24-43-105(91(116)86(65(6)12-2)103-89(115)77-32-23-25-42-104(77)10)78(64(4)5)56-79(124-13-3)90-102-75(62-125-90)88(114)100-72(57-93(8,9)92(117)118)54-68-33-35-71(36-34-68)94-40-46-123-63-99-83(110)59-98-87(113)74(55-67-26-17-16-18-27-67)101-84(111)60-97-82(109)58-96-81(108)39-44-119-47-49-121-51-52-122-50-48-120-45-41-95-80(107)37-38-85(112)106-61-70-29-19-21-30-73(70)66(7)53-69-28-20-22-31-76(69)106/h16-22,26-31,33-36,53,62,64-65,72,74,77-79,86,94H,11-15,23-25,32,37-52,54-61,63H2,1-10H3,(H,95,107)(H,96,108)(H,97,109)(H,98,113)(H,99,110)(H,100,114)(H,101,111)(H,103,115)(H,117,118)/b66-53-/t65-,72-,74-,77+,78+,79+,86-/m0/s1. The average molecular weight is 1760 g/mol. The first-order valence-corrected chi connectivity index (χ1v) is 45.0. The van der Waals surface area contributed by atoms with Crippen LogP contribution in [0.15, 0.2) is 109 Å². The highest BCUT2D eigenvalue weighted by Crippen LogP contribution is 2.35. The third-order valence-electron chi connectivity index (χ3n) is 22.1. The summed E-state index contributed by atoms with van der Waals surface area (Å²) in [6.07, 6.45) is 9.73. The van der Waals surface area contributed by atoms with Gasteiger partial charge in [-0.15, -0.1) is 11.3 Å². The van der Waals surface area contributed by atoms with Crippen LogP contribution in [0.2, 0.25) is 0 Å². The molecule has 3 heterocycles. The number of aliphatic carboxylic acids is 1. The molecule has 31 nitrogen and oxygen atoms in total. The third-order valence-corrected chi connectivity index (χ3v) is 23.0. The van der Waals surface area contributed by atoms with Gasteiger partial charge in [0, 0.05) is 81.5 Å². The maximum absolute atomic E-state index is 15.1. The molecule has 10 amide bonds. The number of aromatic nitrogens is 1. The first-order valence-electron chi connectivity index (χ1n) is 44.2. The molecular weight excluding hydrogens is 1620 g/mol. The van der Waals surface area contributed by atoms with E-state index in [-0.39, 0.29) is 132 Å². The highest BCUT2D eigenvalue weighted by molar-refractivity contribution is 7.09. The number of allylic oxidation sites excluding steroid dienone is 1. The number of anilines is 2. The predicted octanol–water partition coefficient (Wildman–Crippen LogP) is 8.94. The van der Waals surface area contributed by atoms with Gasteiger partial charge in [-0.25, -0.2) is 4.98 Å². The second-order valence-electron chi connectivity index (χ2n) is 32.7. The number of rotatable bonds is 58. The van der Waals surface area contributed by atoms with E-state index in [1.807, 2.05) is 99.4 Å². The second-order valence-corrected chi connectivity index (χ2v) is 33.6. The monoisotopic (exact) mass is 1750 g/mol. The average Bonchev–Trinajstić information content (AvgIpc) is 1.43. The van der Waals surface area contributed by atoms with Crippen molar-refractivity contribution < 1.29 is 86.3 Å². The number of para-hydroxylation sites is 1. The van der Waals surface area contributed by atoms with Crippen LogP contribution in [-0.2, 0) is 95.8 Å². The SMILES string of the molecule is CCCCCCN(C(=O)[C@@H](NC(=O)[C@H]1CCCCN1C)[C@@H](C)CC)[C@H](C[C@@H](OCC)c1nc(C(=O)N[C@@H](Cc2ccc(NCCOCNC(=O)CNC(=O)[C@H](Cc3ccccc3)NC(=O)CNC(=O)CNC(=O)CCOCCOCCOCCOCCNC(=O)CCC(=O)N3Cc4ccccc4/C(C)=C\c4ccccc43)cc2)CC(C)(C)C(=O)O)cs1)C(C)C. The number of unbranched alkanes of at least 4 members (excludes halogenated alkanes) is 3. The van der Waals surface area contributed by atoms with Crippen LogP contribution in [0.4, 0.5) is 11.4 Å². The van der Waals surface area contributed by atoms with E-state index in [1.165, 1.54) is 11.3 Å². The van der Waals surface area contributed by atoms with Gasteiger partial charge in [0.25, 0.3) is 5.91 Å². The predicted molar refractivity (Wildman–Crippen MR) is 481 cm³/mol. The van der Waals surface area contributed by atoms with E-state index in [4.69, 9.17) is 33.4 Å². The molecule has 1 aromatic heterocycles. The third kappa shape index (κ3) is 36.1. The summed E-state index contributed by atoms with van der Waals surface area (Å²) in [6.45, 7) is 21.0. The van der Waals surface area contributed by atoms with Crippen LogP contribution in [0.5, 0.6) is 0 Å². The molecule has 4 aromatic carbocycles. The van der Waals surface area contributed by atoms with Gasteiger partial charge in [0.1, 0.15) is 35.6 Å². The Balaban J connectivity index is 0.743. The minimum Gasteiger partial charge on any atom is -0.481 e. The van der Waals surface area contributed by atoms with Crippen LogP contribution in [0.3, 0.4) is 0 Å². The van der Waals surface area contributed by atoms with Crippen molar-refractivity contribution in [3.05, 3.63) is 147 Å². The normalized spacial score (nSPS) is 15.2.